The lowest BCUT2D eigenvalue weighted by Gasteiger charge is -2.23. The van der Waals surface area contributed by atoms with Gasteiger partial charge in [-0.2, -0.15) is 5.10 Å². The quantitative estimate of drug-likeness (QED) is 0.714. The molecule has 1 saturated heterocycles. The molecule has 0 radical (unpaired) electrons. The van der Waals surface area contributed by atoms with E-state index >= 15 is 0 Å². The fraction of sp³-hybridized carbons (Fsp3) is 0.333. The first-order valence-electron chi connectivity index (χ1n) is 7.39. The molecule has 4 heterocycles. The summed E-state index contributed by atoms with van der Waals surface area (Å²) in [7, 11) is 1.85. The molecule has 1 aliphatic heterocycles. The van der Waals surface area contributed by atoms with E-state index in [4.69, 9.17) is 0 Å². The van der Waals surface area contributed by atoms with Crippen LogP contribution in [-0.2, 0) is 7.05 Å². The number of rotatable bonds is 2. The average molecular weight is 329 g/mol. The van der Waals surface area contributed by atoms with Crippen LogP contribution in [0.25, 0.3) is 4.96 Å². The van der Waals surface area contributed by atoms with Crippen molar-refractivity contribution in [1.29, 1.82) is 0 Å². The number of carbonyl (C=O) groups excluding carboxylic acids is 1. The van der Waals surface area contributed by atoms with Gasteiger partial charge in [0, 0.05) is 43.1 Å². The molecule has 0 unspecified atom stereocenters. The lowest BCUT2D eigenvalue weighted by Crippen LogP contribution is -2.35. The highest BCUT2D eigenvalue weighted by Crippen LogP contribution is 2.32. The lowest BCUT2D eigenvalue weighted by atomic mass is 10.1. The zero-order chi connectivity index (χ0) is 16.0. The Labute approximate surface area is 135 Å². The van der Waals surface area contributed by atoms with E-state index in [1.54, 1.807) is 27.4 Å². The van der Waals surface area contributed by atoms with Crippen molar-refractivity contribution in [1.82, 2.24) is 24.1 Å². The molecule has 118 valence electrons. The van der Waals surface area contributed by atoms with Crippen LogP contribution in [0.15, 0.2) is 35.0 Å². The fourth-order valence-electron chi connectivity index (χ4n) is 3.09. The Kier molecular flexibility index (Phi) is 3.26. The number of thiazole rings is 1. The molecule has 0 bridgehead atoms. The number of hydrogen-bond donors (Lipinski definition) is 0. The van der Waals surface area contributed by atoms with E-state index in [-0.39, 0.29) is 23.1 Å². The van der Waals surface area contributed by atoms with E-state index < -0.39 is 0 Å². The van der Waals surface area contributed by atoms with Crippen LogP contribution >= 0.6 is 11.3 Å². The number of aromatic nitrogens is 4. The number of hydrogen-bond acceptors (Lipinski definition) is 5. The summed E-state index contributed by atoms with van der Waals surface area (Å²) in [4.78, 5) is 31.9. The van der Waals surface area contributed by atoms with Gasteiger partial charge in [-0.1, -0.05) is 0 Å². The van der Waals surface area contributed by atoms with Gasteiger partial charge in [-0.3, -0.25) is 18.7 Å². The van der Waals surface area contributed by atoms with Crippen molar-refractivity contribution in [3.8, 4) is 0 Å². The van der Waals surface area contributed by atoms with Gasteiger partial charge in [-0.15, -0.1) is 11.3 Å². The topological polar surface area (TPSA) is 72.5 Å². The molecule has 0 saturated carbocycles. The summed E-state index contributed by atoms with van der Waals surface area (Å²) in [6.45, 7) is 0.643. The van der Waals surface area contributed by atoms with Gasteiger partial charge in [0.15, 0.2) is 4.96 Å². The Morgan fingerprint density at radius 2 is 2.26 bits per heavy atom. The largest absolute Gasteiger partial charge is 0.331 e. The summed E-state index contributed by atoms with van der Waals surface area (Å²) >= 11 is 1.37. The third-order valence-corrected chi connectivity index (χ3v) is 4.97. The predicted octanol–water partition coefficient (Wildman–Crippen LogP) is 1.47. The summed E-state index contributed by atoms with van der Waals surface area (Å²) in [6.07, 6.45) is 8.55. The third kappa shape index (κ3) is 2.26. The fourth-order valence-corrected chi connectivity index (χ4v) is 3.77. The van der Waals surface area contributed by atoms with Gasteiger partial charge >= 0.3 is 0 Å². The predicted molar refractivity (Wildman–Crippen MR) is 85.6 cm³/mol. The minimum Gasteiger partial charge on any atom is -0.331 e. The Morgan fingerprint density at radius 1 is 1.39 bits per heavy atom. The summed E-state index contributed by atoms with van der Waals surface area (Å²) < 4.78 is 3.15. The molecule has 23 heavy (non-hydrogen) atoms. The van der Waals surface area contributed by atoms with E-state index in [0.29, 0.717) is 11.5 Å². The molecule has 4 rings (SSSR count). The summed E-state index contributed by atoms with van der Waals surface area (Å²) in [5.74, 6) is -0.255. The zero-order valence-corrected chi connectivity index (χ0v) is 13.4. The molecule has 1 fully saturated rings. The smallest absolute Gasteiger partial charge is 0.271 e. The van der Waals surface area contributed by atoms with Crippen LogP contribution in [0.3, 0.4) is 0 Å². The molecule has 0 aliphatic carbocycles. The highest BCUT2D eigenvalue weighted by molar-refractivity contribution is 7.15. The van der Waals surface area contributed by atoms with E-state index in [9.17, 15) is 9.59 Å². The molecule has 0 spiro atoms. The Balaban J connectivity index is 1.72. The molecule has 7 nitrogen and oxygen atoms in total. The molecule has 1 atom stereocenters. The molecular weight excluding hydrogens is 314 g/mol. The van der Waals surface area contributed by atoms with Gasteiger partial charge in [0.25, 0.3) is 11.5 Å². The van der Waals surface area contributed by atoms with Crippen molar-refractivity contribution < 1.29 is 4.79 Å². The number of likely N-dealkylation sites (tertiary alicyclic amines) is 1. The standard InChI is InChI=1S/C15H15N5O2S/c1-18-9-10(7-17-18)12-3-2-4-19(12)13(21)11-8-16-15-20(14(11)22)5-6-23-15/h5-9,12H,2-4H2,1H3/t12-/m1/s1. The SMILES string of the molecule is Cn1cc([C@H]2CCCN2C(=O)c2cnc3sccn3c2=O)cn1. The van der Waals surface area contributed by atoms with Crippen molar-refractivity contribution in [2.24, 2.45) is 7.05 Å². The average Bonchev–Trinajstić information content (AvgIpc) is 3.26. The summed E-state index contributed by atoms with van der Waals surface area (Å²) in [5, 5.41) is 5.97. The maximum atomic E-state index is 12.9. The van der Waals surface area contributed by atoms with Gasteiger partial charge in [0.2, 0.25) is 0 Å². The van der Waals surface area contributed by atoms with Crippen LogP contribution in [0.5, 0.6) is 0 Å². The molecule has 1 amide bonds. The van der Waals surface area contributed by atoms with E-state index in [1.165, 1.54) is 21.9 Å². The maximum absolute atomic E-state index is 12.9. The third-order valence-electron chi connectivity index (χ3n) is 4.20. The highest BCUT2D eigenvalue weighted by atomic mass is 32.1. The van der Waals surface area contributed by atoms with E-state index in [2.05, 4.69) is 10.1 Å². The first kappa shape index (κ1) is 14.1. The minimum absolute atomic E-state index is 0.0289. The van der Waals surface area contributed by atoms with Crippen molar-refractivity contribution in [2.75, 3.05) is 6.54 Å². The molecule has 0 N–H and O–H groups in total. The van der Waals surface area contributed by atoms with E-state index in [1.807, 2.05) is 13.2 Å². The zero-order valence-electron chi connectivity index (χ0n) is 12.5. The number of amides is 1. The molecule has 1 aliphatic rings. The highest BCUT2D eigenvalue weighted by Gasteiger charge is 2.32. The van der Waals surface area contributed by atoms with Crippen LogP contribution in [0.4, 0.5) is 0 Å². The van der Waals surface area contributed by atoms with Crippen molar-refractivity contribution in [3.63, 3.8) is 0 Å². The number of fused-ring (bicyclic) bond motifs is 1. The Hall–Kier alpha value is -2.48. The minimum atomic E-state index is -0.307. The van der Waals surface area contributed by atoms with Crippen LogP contribution in [-0.4, -0.2) is 36.5 Å². The molecule has 3 aromatic rings. The van der Waals surface area contributed by atoms with Gasteiger partial charge in [0.1, 0.15) is 5.56 Å². The Morgan fingerprint density at radius 3 is 3.04 bits per heavy atom. The van der Waals surface area contributed by atoms with Gasteiger partial charge < -0.3 is 4.90 Å². The molecule has 3 aromatic heterocycles. The van der Waals surface area contributed by atoms with Gasteiger partial charge in [-0.05, 0) is 12.8 Å². The van der Waals surface area contributed by atoms with Gasteiger partial charge in [-0.25, -0.2) is 4.98 Å². The second-order valence-corrected chi connectivity index (χ2v) is 6.51. The van der Waals surface area contributed by atoms with Gasteiger partial charge in [0.05, 0.1) is 12.2 Å². The molecular formula is C15H15N5O2S. The maximum Gasteiger partial charge on any atom is 0.271 e. The summed E-state index contributed by atoms with van der Waals surface area (Å²) in [5.41, 5.74) is 0.817. The normalized spacial score (nSPS) is 18.0. The van der Waals surface area contributed by atoms with Crippen LogP contribution in [0.1, 0.15) is 34.8 Å². The monoisotopic (exact) mass is 329 g/mol. The van der Waals surface area contributed by atoms with Crippen molar-refractivity contribution in [3.05, 3.63) is 51.6 Å². The molecule has 8 heteroatoms. The number of aryl methyl sites for hydroxylation is 1. The van der Waals surface area contributed by atoms with Crippen LogP contribution < -0.4 is 5.56 Å². The van der Waals surface area contributed by atoms with Crippen LogP contribution in [0.2, 0.25) is 0 Å². The first-order chi connectivity index (χ1) is 11.1. The number of nitrogens with zero attached hydrogens (tertiary/aromatic N) is 5. The molecule has 0 aromatic carbocycles. The Bertz CT molecular complexity index is 941. The summed E-state index contributed by atoms with van der Waals surface area (Å²) in [6, 6.07) is -0.0289. The van der Waals surface area contributed by atoms with Crippen molar-refractivity contribution in [2.45, 2.75) is 18.9 Å². The second-order valence-electron chi connectivity index (χ2n) is 5.64. The van der Waals surface area contributed by atoms with Crippen LogP contribution in [0, 0.1) is 0 Å². The van der Waals surface area contributed by atoms with E-state index in [0.717, 1.165) is 18.4 Å². The van der Waals surface area contributed by atoms with Crippen molar-refractivity contribution >= 4 is 22.2 Å². The lowest BCUT2D eigenvalue weighted by molar-refractivity contribution is 0.0733. The second kappa shape index (κ2) is 5.31. The number of carbonyl (C=O) groups is 1. The first-order valence-corrected chi connectivity index (χ1v) is 8.27.